The summed E-state index contributed by atoms with van der Waals surface area (Å²) >= 11 is 0. The second-order valence-electron chi connectivity index (χ2n) is 9.78. The molecule has 0 unspecified atom stereocenters. The van der Waals surface area contributed by atoms with Crippen molar-refractivity contribution in [3.8, 4) is 23.0 Å². The molecule has 1 N–H and O–H groups in total. The van der Waals surface area contributed by atoms with E-state index in [-0.39, 0.29) is 0 Å². The molecule has 0 fully saturated rings. The minimum absolute atomic E-state index is 0.968. The van der Waals surface area contributed by atoms with Gasteiger partial charge in [0.15, 0.2) is 0 Å². The van der Waals surface area contributed by atoms with Gasteiger partial charge in [0.1, 0.15) is 0 Å². The number of aromatic nitrogens is 1. The molecule has 0 radical (unpaired) electrons. The molecule has 5 aliphatic rings. The van der Waals surface area contributed by atoms with Gasteiger partial charge in [0.25, 0.3) is 0 Å². The molecule has 0 amide bonds. The lowest BCUT2D eigenvalue weighted by atomic mass is 9.78. The highest BCUT2D eigenvalue weighted by Gasteiger charge is 2.22. The van der Waals surface area contributed by atoms with Gasteiger partial charge in [-0.05, 0) is 115 Å². The highest BCUT2D eigenvalue weighted by molar-refractivity contribution is 5.79. The molecule has 3 aromatic rings. The molecule has 2 heteroatoms. The van der Waals surface area contributed by atoms with Crippen LogP contribution >= 0.6 is 0 Å². The minimum Gasteiger partial charge on any atom is -0.365 e. The van der Waals surface area contributed by atoms with Crippen molar-refractivity contribution < 1.29 is 0 Å². The Hall–Kier alpha value is -4.09. The number of hydrogen-bond acceptors (Lipinski definition) is 2. The molecule has 1 aromatic heterocycles. The second kappa shape index (κ2) is 9.88. The van der Waals surface area contributed by atoms with E-state index in [1.807, 2.05) is 31.5 Å². The molecular formula is C34H30N2. The van der Waals surface area contributed by atoms with Crippen molar-refractivity contribution in [1.82, 2.24) is 10.3 Å². The van der Waals surface area contributed by atoms with E-state index < -0.39 is 0 Å². The Morgan fingerprint density at radius 3 is 2.56 bits per heavy atom. The molecule has 2 bridgehead atoms. The van der Waals surface area contributed by atoms with Crippen LogP contribution in [0.2, 0.25) is 0 Å². The van der Waals surface area contributed by atoms with E-state index in [4.69, 9.17) is 0 Å². The van der Waals surface area contributed by atoms with Gasteiger partial charge in [-0.25, -0.2) is 0 Å². The predicted molar refractivity (Wildman–Crippen MR) is 149 cm³/mol. The van der Waals surface area contributed by atoms with Gasteiger partial charge in [0.2, 0.25) is 0 Å². The molecule has 36 heavy (non-hydrogen) atoms. The molecule has 0 saturated carbocycles. The van der Waals surface area contributed by atoms with Crippen molar-refractivity contribution in [2.45, 2.75) is 45.4 Å². The molecule has 0 saturated heterocycles. The van der Waals surface area contributed by atoms with Crippen LogP contribution in [0.1, 0.15) is 58.3 Å². The van der Waals surface area contributed by atoms with Crippen LogP contribution in [0.25, 0.3) is 17.2 Å². The van der Waals surface area contributed by atoms with Crippen molar-refractivity contribution in [3.05, 3.63) is 130 Å². The zero-order chi connectivity index (χ0) is 24.3. The van der Waals surface area contributed by atoms with Crippen LogP contribution in [0.15, 0.2) is 90.4 Å². The summed E-state index contributed by atoms with van der Waals surface area (Å²) in [6.07, 6.45) is 21.8. The van der Waals surface area contributed by atoms with Crippen LogP contribution in [-0.4, -0.2) is 4.98 Å². The number of allylic oxidation sites excluding steroid dienone is 6. The minimum atomic E-state index is 0.968. The van der Waals surface area contributed by atoms with Crippen molar-refractivity contribution in [3.63, 3.8) is 0 Å². The maximum atomic E-state index is 4.34. The summed E-state index contributed by atoms with van der Waals surface area (Å²) < 4.78 is 0. The lowest BCUT2D eigenvalue weighted by Gasteiger charge is -2.26. The summed E-state index contributed by atoms with van der Waals surface area (Å²) in [5, 5.41) is 3.20. The number of benzene rings is 2. The first-order chi connectivity index (χ1) is 17.7. The van der Waals surface area contributed by atoms with Crippen LogP contribution in [0.4, 0.5) is 0 Å². The van der Waals surface area contributed by atoms with Crippen LogP contribution in [0.3, 0.4) is 0 Å². The lowest BCUT2D eigenvalue weighted by molar-refractivity contribution is 0.874. The van der Waals surface area contributed by atoms with Crippen molar-refractivity contribution in [2.75, 3.05) is 0 Å². The number of aryl methyl sites for hydroxylation is 1. The zero-order valence-corrected chi connectivity index (χ0v) is 20.8. The van der Waals surface area contributed by atoms with Crippen LogP contribution < -0.4 is 5.32 Å². The second-order valence-corrected chi connectivity index (χ2v) is 9.78. The van der Waals surface area contributed by atoms with Gasteiger partial charge >= 0.3 is 0 Å². The van der Waals surface area contributed by atoms with Crippen molar-refractivity contribution >= 4 is 6.08 Å². The lowest BCUT2D eigenvalue weighted by Crippen LogP contribution is -2.11. The van der Waals surface area contributed by atoms with E-state index in [1.54, 1.807) is 11.1 Å². The van der Waals surface area contributed by atoms with Gasteiger partial charge in [-0.3, -0.25) is 4.98 Å². The number of nitrogens with one attached hydrogen (secondary N) is 1. The maximum Gasteiger partial charge on any atom is 0.0432 e. The van der Waals surface area contributed by atoms with E-state index in [9.17, 15) is 0 Å². The summed E-state index contributed by atoms with van der Waals surface area (Å²) in [6, 6.07) is 15.2. The highest BCUT2D eigenvalue weighted by atomic mass is 14.9. The van der Waals surface area contributed by atoms with Crippen LogP contribution in [0, 0.1) is 18.8 Å². The Morgan fingerprint density at radius 2 is 1.69 bits per heavy atom. The SMILES string of the molecule is C1=CC2=CC=C(CC2)N1.Cc1ccc(C#Cc2cccc3c2CCc2c-3ccc3c2CCC=C3)cn1. The smallest absolute Gasteiger partial charge is 0.0432 e. The monoisotopic (exact) mass is 466 g/mol. The van der Waals surface area contributed by atoms with E-state index in [0.717, 1.165) is 36.1 Å². The Labute approximate surface area is 214 Å². The molecule has 0 atom stereocenters. The summed E-state index contributed by atoms with van der Waals surface area (Å²) in [4.78, 5) is 4.34. The third kappa shape index (κ3) is 4.58. The molecule has 0 spiro atoms. The van der Waals surface area contributed by atoms with E-state index in [1.165, 1.54) is 52.8 Å². The predicted octanol–water partition coefficient (Wildman–Crippen LogP) is 7.22. The van der Waals surface area contributed by atoms with E-state index >= 15 is 0 Å². The van der Waals surface area contributed by atoms with Gasteiger partial charge in [-0.15, -0.1) is 0 Å². The summed E-state index contributed by atoms with van der Waals surface area (Å²) in [7, 11) is 0. The Morgan fingerprint density at radius 1 is 0.778 bits per heavy atom. The topological polar surface area (TPSA) is 24.9 Å². The number of hydrogen-bond donors (Lipinski definition) is 1. The third-order valence-electron chi connectivity index (χ3n) is 7.42. The first-order valence-corrected chi connectivity index (χ1v) is 13.0. The van der Waals surface area contributed by atoms with E-state index in [2.05, 4.69) is 82.9 Å². The Kier molecular flexibility index (Phi) is 6.14. The average Bonchev–Trinajstić information content (AvgIpc) is 3.31. The molecule has 2 aromatic carbocycles. The maximum absolute atomic E-state index is 4.34. The average molecular weight is 467 g/mol. The zero-order valence-electron chi connectivity index (χ0n) is 20.8. The Bertz CT molecular complexity index is 1500. The quantitative estimate of drug-likeness (QED) is 0.354. The third-order valence-corrected chi connectivity index (χ3v) is 7.42. The van der Waals surface area contributed by atoms with Crippen LogP contribution in [0.5, 0.6) is 0 Å². The molecule has 2 aliphatic heterocycles. The summed E-state index contributed by atoms with van der Waals surface area (Å²) in [5.41, 5.74) is 14.6. The number of rotatable bonds is 0. The summed E-state index contributed by atoms with van der Waals surface area (Å²) in [5.74, 6) is 6.69. The fourth-order valence-electron chi connectivity index (χ4n) is 5.46. The van der Waals surface area contributed by atoms with Crippen LogP contribution in [-0.2, 0) is 19.3 Å². The summed E-state index contributed by atoms with van der Waals surface area (Å²) in [6.45, 7) is 2.00. The van der Waals surface area contributed by atoms with Gasteiger partial charge in [-0.1, -0.05) is 54.3 Å². The van der Waals surface area contributed by atoms with E-state index in [0.29, 0.717) is 0 Å². The number of pyridine rings is 1. The normalized spacial score (nSPS) is 15.9. The highest BCUT2D eigenvalue weighted by Crippen LogP contribution is 2.39. The molecule has 176 valence electrons. The molecule has 3 aliphatic carbocycles. The fraction of sp³-hybridized carbons (Fsp3) is 0.206. The first kappa shape index (κ1) is 22.4. The number of nitrogens with zero attached hydrogens (tertiary/aromatic N) is 1. The Balaban J connectivity index is 0.000000223. The van der Waals surface area contributed by atoms with Gasteiger partial charge in [0, 0.05) is 34.9 Å². The number of fused-ring (bicyclic) bond motifs is 8. The standard InChI is InChI=1S/C26H21N.C8H9N/c1-18-9-10-19(17-27-18)11-12-21-6-4-8-24-23(21)15-16-25-22-7-3-2-5-20(22)13-14-26(24)25;1-3-8-4-2-7(1)5-6-9-8/h2,4-6,8-10,13-14,17H,3,7,15-16H2,1H3;1,3,5-6,9H,2,4H2. The largest absolute Gasteiger partial charge is 0.365 e. The molecule has 3 heterocycles. The van der Waals surface area contributed by atoms with Gasteiger partial charge in [-0.2, -0.15) is 0 Å². The van der Waals surface area contributed by atoms with Crippen molar-refractivity contribution in [2.24, 2.45) is 0 Å². The molecular weight excluding hydrogens is 436 g/mol. The van der Waals surface area contributed by atoms with Crippen molar-refractivity contribution in [1.29, 1.82) is 0 Å². The van der Waals surface area contributed by atoms with Gasteiger partial charge in [0.05, 0.1) is 0 Å². The fourth-order valence-corrected chi connectivity index (χ4v) is 5.46. The first-order valence-electron chi connectivity index (χ1n) is 13.0. The molecule has 8 rings (SSSR count). The van der Waals surface area contributed by atoms with Gasteiger partial charge < -0.3 is 5.32 Å². The molecule has 2 nitrogen and oxygen atoms in total.